The second-order valence-electron chi connectivity index (χ2n) is 8.51. The fraction of sp³-hybridized carbons (Fsp3) is 0.433. The molecule has 0 atom stereocenters. The van der Waals surface area contributed by atoms with Crippen molar-refractivity contribution in [2.24, 2.45) is 10.9 Å². The standard InChI is InChI=1S/C11H11F3N2.C10H10O.C9H20O/c1-8(11(12,13)14)6-10(15-2)9-4-3-5-16-7-9;1-3-10(11)9-6-4-8(2)5-7-9;1-3-9(4-2)7-5-6-8-10/h3-7H,1-2H3;3-7H,1H2,2H3;9-10H,3-8H2,1-2H3/b8-6+,15-10?;;. The zero-order valence-corrected chi connectivity index (χ0v) is 22.7. The Balaban J connectivity index is 0.000000547. The maximum atomic E-state index is 12.3. The maximum Gasteiger partial charge on any atom is 0.412 e. The first-order chi connectivity index (χ1) is 17.5. The summed E-state index contributed by atoms with van der Waals surface area (Å²) in [4.78, 5) is 18.7. The van der Waals surface area contributed by atoms with Crippen LogP contribution in [0, 0.1) is 12.8 Å². The SMILES string of the molecule is C=CC(=O)c1ccc(C)cc1.CCC(CC)CCCCO.CN=C(/C=C(\C)C(F)(F)F)c1cccnc1. The van der Waals surface area contributed by atoms with Gasteiger partial charge in [-0.1, -0.05) is 75.9 Å². The highest BCUT2D eigenvalue weighted by Crippen LogP contribution is 2.25. The molecular formula is C30H41F3N2O2. The van der Waals surface area contributed by atoms with Crippen molar-refractivity contribution < 1.29 is 23.1 Å². The highest BCUT2D eigenvalue weighted by atomic mass is 19.4. The number of alkyl halides is 3. The number of aromatic nitrogens is 1. The summed E-state index contributed by atoms with van der Waals surface area (Å²) in [6.45, 7) is 11.3. The number of carbonyl (C=O) groups excluding carboxylic acids is 1. The Morgan fingerprint density at radius 3 is 2.16 bits per heavy atom. The number of benzene rings is 1. The van der Waals surface area contributed by atoms with Crippen molar-refractivity contribution in [3.63, 3.8) is 0 Å². The normalized spacial score (nSPS) is 11.7. The van der Waals surface area contributed by atoms with E-state index in [2.05, 4.69) is 30.4 Å². The summed E-state index contributed by atoms with van der Waals surface area (Å²) in [5, 5.41) is 8.52. The molecule has 4 nitrogen and oxygen atoms in total. The van der Waals surface area contributed by atoms with Gasteiger partial charge in [-0.05, 0) is 50.5 Å². The number of aryl methyl sites for hydroxylation is 1. The Hall–Kier alpha value is -3.06. The molecule has 1 aromatic carbocycles. The highest BCUT2D eigenvalue weighted by molar-refractivity contribution is 6.08. The van der Waals surface area contributed by atoms with E-state index in [1.165, 1.54) is 45.0 Å². The molecule has 204 valence electrons. The minimum Gasteiger partial charge on any atom is -0.396 e. The van der Waals surface area contributed by atoms with Gasteiger partial charge in [0.25, 0.3) is 0 Å². The predicted molar refractivity (Wildman–Crippen MR) is 147 cm³/mol. The molecule has 0 spiro atoms. The summed E-state index contributed by atoms with van der Waals surface area (Å²) in [7, 11) is 1.45. The topological polar surface area (TPSA) is 62.5 Å². The minimum atomic E-state index is -4.32. The molecule has 0 aliphatic heterocycles. The van der Waals surface area contributed by atoms with E-state index in [0.717, 1.165) is 30.9 Å². The number of pyridine rings is 1. The summed E-state index contributed by atoms with van der Waals surface area (Å²) in [6, 6.07) is 10.7. The number of nitrogens with zero attached hydrogens (tertiary/aromatic N) is 2. The summed E-state index contributed by atoms with van der Waals surface area (Å²) in [5.74, 6) is 0.872. The van der Waals surface area contributed by atoms with Gasteiger partial charge in [-0.15, -0.1) is 0 Å². The van der Waals surface area contributed by atoms with Crippen LogP contribution in [0.5, 0.6) is 0 Å². The Bertz CT molecular complexity index is 963. The minimum absolute atomic E-state index is 0.0231. The fourth-order valence-corrected chi connectivity index (χ4v) is 3.16. The lowest BCUT2D eigenvalue weighted by molar-refractivity contribution is -0.0912. The van der Waals surface area contributed by atoms with Crippen LogP contribution in [0.3, 0.4) is 0 Å². The van der Waals surface area contributed by atoms with Crippen LogP contribution in [-0.2, 0) is 0 Å². The Morgan fingerprint density at radius 1 is 1.11 bits per heavy atom. The number of unbranched alkanes of at least 4 members (excludes halogenated alkanes) is 1. The molecular weight excluding hydrogens is 477 g/mol. The van der Waals surface area contributed by atoms with Gasteiger partial charge in [0.1, 0.15) is 0 Å². The first kappa shape index (κ1) is 33.9. The summed E-state index contributed by atoms with van der Waals surface area (Å²) in [6.07, 6.45) is 7.11. The zero-order valence-electron chi connectivity index (χ0n) is 22.7. The summed E-state index contributed by atoms with van der Waals surface area (Å²) < 4.78 is 37.0. The van der Waals surface area contributed by atoms with Crippen LogP contribution >= 0.6 is 0 Å². The van der Waals surface area contributed by atoms with Crippen molar-refractivity contribution >= 4 is 11.5 Å². The van der Waals surface area contributed by atoms with Crippen LogP contribution in [0.15, 0.2) is 78.1 Å². The number of aliphatic hydroxyl groups excluding tert-OH is 1. The van der Waals surface area contributed by atoms with E-state index in [1.807, 2.05) is 19.1 Å². The average molecular weight is 519 g/mol. The number of allylic oxidation sites excluding steroid dienone is 3. The molecule has 1 heterocycles. The first-order valence-corrected chi connectivity index (χ1v) is 12.5. The average Bonchev–Trinajstić information content (AvgIpc) is 2.90. The molecule has 0 unspecified atom stereocenters. The van der Waals surface area contributed by atoms with Gasteiger partial charge < -0.3 is 5.11 Å². The van der Waals surface area contributed by atoms with Crippen LogP contribution in [0.25, 0.3) is 0 Å². The van der Waals surface area contributed by atoms with Gasteiger partial charge >= 0.3 is 6.18 Å². The van der Waals surface area contributed by atoms with E-state index < -0.39 is 11.7 Å². The number of ketones is 1. The number of aliphatic imine (C=N–C) groups is 1. The van der Waals surface area contributed by atoms with Gasteiger partial charge in [0.15, 0.2) is 5.78 Å². The molecule has 2 rings (SSSR count). The van der Waals surface area contributed by atoms with Crippen molar-refractivity contribution in [1.82, 2.24) is 4.98 Å². The number of rotatable bonds is 10. The molecule has 2 aromatic rings. The number of aliphatic hydroxyl groups is 1. The monoisotopic (exact) mass is 518 g/mol. The van der Waals surface area contributed by atoms with E-state index in [1.54, 1.807) is 30.5 Å². The van der Waals surface area contributed by atoms with Crippen molar-refractivity contribution in [3.8, 4) is 0 Å². The van der Waals surface area contributed by atoms with Crippen LogP contribution in [0.1, 0.15) is 74.4 Å². The van der Waals surface area contributed by atoms with E-state index >= 15 is 0 Å². The third kappa shape index (κ3) is 14.9. The van der Waals surface area contributed by atoms with E-state index in [-0.39, 0.29) is 11.5 Å². The van der Waals surface area contributed by atoms with Crippen LogP contribution in [-0.4, -0.2) is 41.4 Å². The van der Waals surface area contributed by atoms with Gasteiger partial charge in [-0.2, -0.15) is 13.2 Å². The molecule has 0 saturated carbocycles. The quantitative estimate of drug-likeness (QED) is 0.150. The summed E-state index contributed by atoms with van der Waals surface area (Å²) >= 11 is 0. The largest absolute Gasteiger partial charge is 0.412 e. The van der Waals surface area contributed by atoms with E-state index in [4.69, 9.17) is 5.11 Å². The van der Waals surface area contributed by atoms with Gasteiger partial charge in [-0.25, -0.2) is 0 Å². The third-order valence-corrected chi connectivity index (χ3v) is 5.70. The molecule has 0 radical (unpaired) electrons. The number of hydrogen-bond donors (Lipinski definition) is 1. The number of halogens is 3. The molecule has 1 aromatic heterocycles. The number of carbonyl (C=O) groups is 1. The smallest absolute Gasteiger partial charge is 0.396 e. The second-order valence-corrected chi connectivity index (χ2v) is 8.51. The van der Waals surface area contributed by atoms with E-state index in [0.29, 0.717) is 17.7 Å². The van der Waals surface area contributed by atoms with Crippen molar-refractivity contribution in [3.05, 3.63) is 89.8 Å². The molecule has 0 aliphatic carbocycles. The zero-order chi connectivity index (χ0) is 28.3. The van der Waals surface area contributed by atoms with Gasteiger partial charge in [0.2, 0.25) is 0 Å². The molecule has 1 N–H and O–H groups in total. The van der Waals surface area contributed by atoms with Gasteiger partial charge in [0, 0.05) is 42.7 Å². The fourth-order valence-electron chi connectivity index (χ4n) is 3.16. The lowest BCUT2D eigenvalue weighted by Gasteiger charge is -2.10. The molecule has 37 heavy (non-hydrogen) atoms. The maximum absolute atomic E-state index is 12.3. The lowest BCUT2D eigenvalue weighted by atomic mass is 9.97. The highest BCUT2D eigenvalue weighted by Gasteiger charge is 2.30. The van der Waals surface area contributed by atoms with E-state index in [9.17, 15) is 18.0 Å². The lowest BCUT2D eigenvalue weighted by Crippen LogP contribution is -2.11. The van der Waals surface area contributed by atoms with Crippen molar-refractivity contribution in [2.75, 3.05) is 13.7 Å². The second kappa shape index (κ2) is 19.1. The molecule has 0 amide bonds. The third-order valence-electron chi connectivity index (χ3n) is 5.70. The van der Waals surface area contributed by atoms with Crippen LogP contribution in [0.4, 0.5) is 13.2 Å². The molecule has 0 aliphatic rings. The molecule has 0 bridgehead atoms. The van der Waals surface area contributed by atoms with Gasteiger partial charge in [0.05, 0.1) is 5.71 Å². The molecule has 0 saturated heterocycles. The summed E-state index contributed by atoms with van der Waals surface area (Å²) in [5.41, 5.74) is 2.00. The van der Waals surface area contributed by atoms with Crippen molar-refractivity contribution in [2.45, 2.75) is 66.0 Å². The Kier molecular flexibility index (Phi) is 17.5. The van der Waals surface area contributed by atoms with Gasteiger partial charge in [-0.3, -0.25) is 14.8 Å². The van der Waals surface area contributed by atoms with Crippen LogP contribution < -0.4 is 0 Å². The van der Waals surface area contributed by atoms with Crippen LogP contribution in [0.2, 0.25) is 0 Å². The molecule has 7 heteroatoms. The Labute approximate surface area is 220 Å². The van der Waals surface area contributed by atoms with Crippen molar-refractivity contribution in [1.29, 1.82) is 0 Å². The number of hydrogen-bond acceptors (Lipinski definition) is 4. The Morgan fingerprint density at radius 2 is 1.73 bits per heavy atom. The molecule has 0 fully saturated rings. The first-order valence-electron chi connectivity index (χ1n) is 12.5. The predicted octanol–water partition coefficient (Wildman–Crippen LogP) is 7.96.